The van der Waals surface area contributed by atoms with E-state index in [0.29, 0.717) is 6.04 Å². The van der Waals surface area contributed by atoms with Crippen molar-refractivity contribution in [2.45, 2.75) is 44.7 Å². The highest BCUT2D eigenvalue weighted by molar-refractivity contribution is 9.10. The number of anilines is 1. The van der Waals surface area contributed by atoms with Crippen LogP contribution in [-0.4, -0.2) is 11.9 Å². The molecule has 3 nitrogen and oxygen atoms in total. The van der Waals surface area contributed by atoms with Crippen LogP contribution < -0.4 is 10.6 Å². The number of nitrogens with one attached hydrogen (secondary N) is 2. The Kier molecular flexibility index (Phi) is 3.34. The van der Waals surface area contributed by atoms with E-state index < -0.39 is 0 Å². The minimum absolute atomic E-state index is 0.0816. The van der Waals surface area contributed by atoms with Crippen molar-refractivity contribution in [1.82, 2.24) is 5.32 Å². The summed E-state index contributed by atoms with van der Waals surface area (Å²) in [5, 5.41) is 6.59. The molecule has 1 aromatic carbocycles. The maximum atomic E-state index is 12.3. The molecular formula is C17H21BrN2O. The fourth-order valence-electron chi connectivity index (χ4n) is 4.69. The zero-order chi connectivity index (χ0) is 14.6. The van der Waals surface area contributed by atoms with Crippen molar-refractivity contribution in [3.63, 3.8) is 0 Å². The van der Waals surface area contributed by atoms with Crippen LogP contribution in [0.1, 0.15) is 44.2 Å². The van der Waals surface area contributed by atoms with E-state index >= 15 is 0 Å². The Bertz CT molecular complexity index is 588. The molecule has 0 radical (unpaired) electrons. The van der Waals surface area contributed by atoms with Gasteiger partial charge in [-0.3, -0.25) is 10.1 Å². The van der Waals surface area contributed by atoms with Gasteiger partial charge in [0.25, 0.3) is 0 Å². The molecule has 112 valence electrons. The molecule has 1 heterocycles. The first-order valence-electron chi connectivity index (χ1n) is 7.98. The van der Waals surface area contributed by atoms with Crippen LogP contribution in [0.15, 0.2) is 22.7 Å². The number of hydrogen-bond donors (Lipinski definition) is 2. The lowest BCUT2D eigenvalue weighted by molar-refractivity contribution is -0.118. The van der Waals surface area contributed by atoms with Gasteiger partial charge in [0.1, 0.15) is 6.04 Å². The predicted molar refractivity (Wildman–Crippen MR) is 87.0 cm³/mol. The summed E-state index contributed by atoms with van der Waals surface area (Å²) in [7, 11) is 0. The molecule has 5 unspecified atom stereocenters. The molecule has 2 N–H and O–H groups in total. The quantitative estimate of drug-likeness (QED) is 0.870. The van der Waals surface area contributed by atoms with E-state index in [1.54, 1.807) is 0 Å². The Morgan fingerprint density at radius 3 is 2.90 bits per heavy atom. The molecule has 21 heavy (non-hydrogen) atoms. The van der Waals surface area contributed by atoms with Crippen LogP contribution in [0.2, 0.25) is 0 Å². The number of benzene rings is 1. The van der Waals surface area contributed by atoms with Gasteiger partial charge in [0.15, 0.2) is 0 Å². The first kappa shape index (κ1) is 13.8. The van der Waals surface area contributed by atoms with Crippen LogP contribution in [0.3, 0.4) is 0 Å². The van der Waals surface area contributed by atoms with E-state index in [1.807, 2.05) is 18.2 Å². The third kappa shape index (κ3) is 2.33. The van der Waals surface area contributed by atoms with E-state index in [2.05, 4.69) is 33.5 Å². The number of carbonyl (C=O) groups excluding carboxylic acids is 1. The van der Waals surface area contributed by atoms with Gasteiger partial charge in [-0.1, -0.05) is 28.4 Å². The second kappa shape index (κ2) is 5.10. The minimum atomic E-state index is -0.192. The second-order valence-electron chi connectivity index (χ2n) is 6.95. The molecule has 0 spiro atoms. The van der Waals surface area contributed by atoms with Crippen LogP contribution in [-0.2, 0) is 4.79 Å². The summed E-state index contributed by atoms with van der Waals surface area (Å²) in [5.74, 6) is 2.66. The molecule has 1 aromatic rings. The van der Waals surface area contributed by atoms with Crippen LogP contribution in [0.25, 0.3) is 0 Å². The highest BCUT2D eigenvalue weighted by Gasteiger charge is 2.43. The number of rotatable bonds is 3. The van der Waals surface area contributed by atoms with Crippen molar-refractivity contribution in [1.29, 1.82) is 0 Å². The summed E-state index contributed by atoms with van der Waals surface area (Å²) in [6.07, 6.45) is 5.58. The summed E-state index contributed by atoms with van der Waals surface area (Å²) in [5.41, 5.74) is 2.02. The molecule has 1 aliphatic heterocycles. The number of halogens is 1. The van der Waals surface area contributed by atoms with Gasteiger partial charge in [-0.2, -0.15) is 0 Å². The monoisotopic (exact) mass is 348 g/mol. The zero-order valence-electron chi connectivity index (χ0n) is 12.2. The molecule has 2 bridgehead atoms. The average Bonchev–Trinajstić information content (AvgIpc) is 3.13. The lowest BCUT2D eigenvalue weighted by atomic mass is 9.83. The van der Waals surface area contributed by atoms with Crippen LogP contribution in [0, 0.1) is 17.8 Å². The molecule has 4 rings (SSSR count). The average molecular weight is 349 g/mol. The van der Waals surface area contributed by atoms with E-state index in [0.717, 1.165) is 33.5 Å². The normalized spacial score (nSPS) is 34.9. The van der Waals surface area contributed by atoms with E-state index in [1.165, 1.54) is 25.7 Å². The van der Waals surface area contributed by atoms with Gasteiger partial charge in [-0.25, -0.2) is 0 Å². The largest absolute Gasteiger partial charge is 0.324 e. The molecule has 5 atom stereocenters. The Hall–Kier alpha value is -0.870. The second-order valence-corrected chi connectivity index (χ2v) is 7.86. The fourth-order valence-corrected chi connectivity index (χ4v) is 5.05. The predicted octanol–water partition coefficient (Wildman–Crippen LogP) is 3.86. The number of hydrogen-bond acceptors (Lipinski definition) is 2. The van der Waals surface area contributed by atoms with E-state index in [9.17, 15) is 4.79 Å². The summed E-state index contributed by atoms with van der Waals surface area (Å²) < 4.78 is 1.00. The number of carbonyl (C=O) groups is 1. The summed E-state index contributed by atoms with van der Waals surface area (Å²) in [6, 6.07) is 6.25. The van der Waals surface area contributed by atoms with Crippen LogP contribution >= 0.6 is 15.9 Å². The molecule has 0 aromatic heterocycles. The highest BCUT2D eigenvalue weighted by Crippen LogP contribution is 2.50. The standard InChI is InChI=1S/C17H21BrN2O/c1-9(14-7-10-2-3-11(14)6-10)19-16-13-5-4-12(18)8-15(13)20-17(16)21/h4-5,8-11,14,16,19H,2-3,6-7H2,1H3,(H,20,21). The van der Waals surface area contributed by atoms with E-state index in [-0.39, 0.29) is 11.9 Å². The molecule has 2 aliphatic carbocycles. The summed E-state index contributed by atoms with van der Waals surface area (Å²) in [4.78, 5) is 12.3. The first-order valence-corrected chi connectivity index (χ1v) is 8.77. The van der Waals surface area contributed by atoms with Crippen molar-refractivity contribution in [2.75, 3.05) is 5.32 Å². The SMILES string of the molecule is CC(NC1C(=O)Nc2cc(Br)ccc21)C1CC2CCC1C2. The van der Waals surface area contributed by atoms with Gasteiger partial charge in [-0.05, 0) is 56.1 Å². The molecule has 2 fully saturated rings. The third-order valence-corrected chi connectivity index (χ3v) is 6.20. The zero-order valence-corrected chi connectivity index (χ0v) is 13.8. The topological polar surface area (TPSA) is 41.1 Å². The van der Waals surface area contributed by atoms with Gasteiger partial charge >= 0.3 is 0 Å². The first-order chi connectivity index (χ1) is 10.1. The van der Waals surface area contributed by atoms with E-state index in [4.69, 9.17) is 0 Å². The van der Waals surface area contributed by atoms with Gasteiger partial charge in [0, 0.05) is 21.8 Å². The molecular weight excluding hydrogens is 328 g/mol. The van der Waals surface area contributed by atoms with Crippen molar-refractivity contribution in [2.24, 2.45) is 17.8 Å². The Labute approximate surface area is 134 Å². The highest BCUT2D eigenvalue weighted by atomic mass is 79.9. The third-order valence-electron chi connectivity index (χ3n) is 5.71. The molecule has 1 amide bonds. The Morgan fingerprint density at radius 1 is 1.33 bits per heavy atom. The molecule has 2 saturated carbocycles. The molecule has 4 heteroatoms. The van der Waals surface area contributed by atoms with Crippen molar-refractivity contribution in [3.8, 4) is 0 Å². The summed E-state index contributed by atoms with van der Waals surface area (Å²) in [6.45, 7) is 2.26. The fraction of sp³-hybridized carbons (Fsp3) is 0.588. The maximum Gasteiger partial charge on any atom is 0.246 e. The van der Waals surface area contributed by atoms with Crippen molar-refractivity contribution in [3.05, 3.63) is 28.2 Å². The van der Waals surface area contributed by atoms with Gasteiger partial charge in [-0.15, -0.1) is 0 Å². The minimum Gasteiger partial charge on any atom is -0.324 e. The Balaban J connectivity index is 1.51. The summed E-state index contributed by atoms with van der Waals surface area (Å²) >= 11 is 3.46. The lowest BCUT2D eigenvalue weighted by Gasteiger charge is -2.30. The molecule has 3 aliphatic rings. The van der Waals surface area contributed by atoms with Crippen LogP contribution in [0.5, 0.6) is 0 Å². The van der Waals surface area contributed by atoms with Gasteiger partial charge in [0.05, 0.1) is 0 Å². The lowest BCUT2D eigenvalue weighted by Crippen LogP contribution is -2.40. The van der Waals surface area contributed by atoms with Gasteiger partial charge in [0.2, 0.25) is 5.91 Å². The van der Waals surface area contributed by atoms with Crippen molar-refractivity contribution < 1.29 is 4.79 Å². The van der Waals surface area contributed by atoms with Crippen molar-refractivity contribution >= 4 is 27.5 Å². The number of fused-ring (bicyclic) bond motifs is 3. The maximum absolute atomic E-state index is 12.3. The van der Waals surface area contributed by atoms with Gasteiger partial charge < -0.3 is 5.32 Å². The smallest absolute Gasteiger partial charge is 0.246 e. The van der Waals surface area contributed by atoms with Crippen LogP contribution in [0.4, 0.5) is 5.69 Å². The molecule has 0 saturated heterocycles. The number of amides is 1. The Morgan fingerprint density at radius 2 is 2.19 bits per heavy atom.